The van der Waals surface area contributed by atoms with Gasteiger partial charge in [-0.2, -0.15) is 0 Å². The fraction of sp³-hybridized carbons (Fsp3) is 0.429. The number of ether oxygens (including phenoxy) is 1. The third-order valence-electron chi connectivity index (χ3n) is 2.62. The van der Waals surface area contributed by atoms with E-state index in [1.165, 1.54) is 31.0 Å². The highest BCUT2D eigenvalue weighted by atomic mass is 32.2. The van der Waals surface area contributed by atoms with Crippen LogP contribution in [0.25, 0.3) is 0 Å². The van der Waals surface area contributed by atoms with Gasteiger partial charge in [-0.3, -0.25) is 4.79 Å². The zero-order valence-corrected chi connectivity index (χ0v) is 12.5. The normalized spacial score (nSPS) is 12.1. The molecule has 0 bridgehead atoms. The Bertz CT molecular complexity index is 462. The molecule has 0 fully saturated rings. The number of benzene rings is 1. The first-order chi connectivity index (χ1) is 9.43. The molecule has 20 heavy (non-hydrogen) atoms. The van der Waals surface area contributed by atoms with Gasteiger partial charge in [0, 0.05) is 4.90 Å². The summed E-state index contributed by atoms with van der Waals surface area (Å²) in [6.07, 6.45) is 0. The number of hydrogen-bond donors (Lipinski definition) is 1. The predicted molar refractivity (Wildman–Crippen MR) is 75.9 cm³/mol. The maximum Gasteiger partial charge on any atom is 0.328 e. The van der Waals surface area contributed by atoms with Crippen molar-refractivity contribution < 1.29 is 18.7 Å². The predicted octanol–water partition coefficient (Wildman–Crippen LogP) is 2.23. The molecule has 1 unspecified atom stereocenters. The molecule has 6 heteroatoms. The van der Waals surface area contributed by atoms with E-state index in [0.29, 0.717) is 0 Å². The number of thioether (sulfide) groups is 1. The summed E-state index contributed by atoms with van der Waals surface area (Å²) in [5.41, 5.74) is 0. The molecular formula is C14H18FNO3S. The molecule has 1 amide bonds. The maximum absolute atomic E-state index is 12.7. The molecule has 4 nitrogen and oxygen atoms in total. The van der Waals surface area contributed by atoms with Crippen LogP contribution in [0.3, 0.4) is 0 Å². The number of methoxy groups -OCH3 is 1. The molecule has 0 spiro atoms. The molecule has 0 saturated carbocycles. The molecule has 0 heterocycles. The lowest BCUT2D eigenvalue weighted by molar-refractivity contribution is -0.146. The summed E-state index contributed by atoms with van der Waals surface area (Å²) >= 11 is 1.28. The Morgan fingerprint density at radius 2 is 1.90 bits per heavy atom. The Morgan fingerprint density at radius 3 is 2.40 bits per heavy atom. The molecule has 110 valence electrons. The number of carbonyl (C=O) groups is 2. The van der Waals surface area contributed by atoms with Crippen molar-refractivity contribution in [2.75, 3.05) is 12.9 Å². The van der Waals surface area contributed by atoms with Gasteiger partial charge >= 0.3 is 5.97 Å². The molecule has 0 radical (unpaired) electrons. The lowest BCUT2D eigenvalue weighted by Gasteiger charge is -2.19. The summed E-state index contributed by atoms with van der Waals surface area (Å²) in [6, 6.07) is 5.24. The molecule has 0 saturated heterocycles. The smallest absolute Gasteiger partial charge is 0.328 e. The van der Waals surface area contributed by atoms with Crippen LogP contribution >= 0.6 is 11.8 Å². The van der Waals surface area contributed by atoms with E-state index in [1.54, 1.807) is 12.1 Å². The van der Waals surface area contributed by atoms with Crippen molar-refractivity contribution in [3.63, 3.8) is 0 Å². The van der Waals surface area contributed by atoms with E-state index in [0.717, 1.165) is 4.90 Å². The van der Waals surface area contributed by atoms with Crippen molar-refractivity contribution in [2.45, 2.75) is 24.8 Å². The lowest BCUT2D eigenvalue weighted by atomic mass is 10.1. The van der Waals surface area contributed by atoms with Crippen molar-refractivity contribution in [2.24, 2.45) is 5.92 Å². The highest BCUT2D eigenvalue weighted by Gasteiger charge is 2.24. The molecule has 0 aliphatic rings. The van der Waals surface area contributed by atoms with E-state index in [1.807, 2.05) is 13.8 Å². The molecular weight excluding hydrogens is 281 g/mol. The molecule has 1 N–H and O–H groups in total. The van der Waals surface area contributed by atoms with Gasteiger partial charge < -0.3 is 10.1 Å². The SMILES string of the molecule is COC(=O)C(NC(=O)CSc1ccc(F)cc1)C(C)C. The first-order valence-corrected chi connectivity index (χ1v) is 7.18. The van der Waals surface area contributed by atoms with Gasteiger partial charge in [-0.15, -0.1) is 11.8 Å². The van der Waals surface area contributed by atoms with Crippen LogP contribution in [-0.2, 0) is 14.3 Å². The molecule has 0 aliphatic carbocycles. The second-order valence-electron chi connectivity index (χ2n) is 4.55. The summed E-state index contributed by atoms with van der Waals surface area (Å²) in [7, 11) is 1.29. The van der Waals surface area contributed by atoms with Crippen LogP contribution in [0.4, 0.5) is 4.39 Å². The summed E-state index contributed by atoms with van der Waals surface area (Å²) in [5.74, 6) is -0.929. The van der Waals surface area contributed by atoms with Gasteiger partial charge in [0.15, 0.2) is 0 Å². The third-order valence-corrected chi connectivity index (χ3v) is 3.63. The van der Waals surface area contributed by atoms with Gasteiger partial charge in [0.05, 0.1) is 12.9 Å². The average molecular weight is 299 g/mol. The Balaban J connectivity index is 2.49. The number of rotatable bonds is 6. The first-order valence-electron chi connectivity index (χ1n) is 6.19. The van der Waals surface area contributed by atoms with Crippen molar-refractivity contribution in [1.29, 1.82) is 0 Å². The van der Waals surface area contributed by atoms with Crippen molar-refractivity contribution in [3.8, 4) is 0 Å². The Hall–Kier alpha value is -1.56. The van der Waals surface area contributed by atoms with Gasteiger partial charge in [-0.25, -0.2) is 9.18 Å². The van der Waals surface area contributed by atoms with Crippen LogP contribution < -0.4 is 5.32 Å². The van der Waals surface area contributed by atoms with Crippen molar-refractivity contribution in [3.05, 3.63) is 30.1 Å². The van der Waals surface area contributed by atoms with E-state index >= 15 is 0 Å². The van der Waals surface area contributed by atoms with Crippen LogP contribution in [-0.4, -0.2) is 30.8 Å². The van der Waals surface area contributed by atoms with Crippen LogP contribution in [0.5, 0.6) is 0 Å². The van der Waals surface area contributed by atoms with Crippen molar-refractivity contribution >= 4 is 23.6 Å². The number of nitrogens with one attached hydrogen (secondary N) is 1. The molecule has 1 rings (SSSR count). The summed E-state index contributed by atoms with van der Waals surface area (Å²) in [4.78, 5) is 24.1. The lowest BCUT2D eigenvalue weighted by Crippen LogP contribution is -2.45. The van der Waals surface area contributed by atoms with Gasteiger partial charge in [-0.05, 0) is 30.2 Å². The Morgan fingerprint density at radius 1 is 1.30 bits per heavy atom. The summed E-state index contributed by atoms with van der Waals surface area (Å²) in [5, 5.41) is 2.64. The highest BCUT2D eigenvalue weighted by Crippen LogP contribution is 2.17. The van der Waals surface area contributed by atoms with Crippen LogP contribution in [0.1, 0.15) is 13.8 Å². The number of carbonyl (C=O) groups excluding carboxylic acids is 2. The zero-order valence-electron chi connectivity index (χ0n) is 11.7. The zero-order chi connectivity index (χ0) is 15.1. The first kappa shape index (κ1) is 16.5. The molecule has 0 aliphatic heterocycles. The van der Waals surface area contributed by atoms with E-state index in [9.17, 15) is 14.0 Å². The number of hydrogen-bond acceptors (Lipinski definition) is 4. The summed E-state index contributed by atoms with van der Waals surface area (Å²) < 4.78 is 17.4. The number of esters is 1. The second-order valence-corrected chi connectivity index (χ2v) is 5.60. The monoisotopic (exact) mass is 299 g/mol. The van der Waals surface area contributed by atoms with Crippen LogP contribution in [0, 0.1) is 11.7 Å². The second kappa shape index (κ2) is 7.89. The molecule has 1 aromatic rings. The Kier molecular flexibility index (Phi) is 6.51. The third kappa shape index (κ3) is 5.21. The molecule has 0 aromatic heterocycles. The minimum Gasteiger partial charge on any atom is -0.467 e. The van der Waals surface area contributed by atoms with Gasteiger partial charge in [0.25, 0.3) is 0 Å². The topological polar surface area (TPSA) is 55.4 Å². The molecule has 1 aromatic carbocycles. The number of amides is 1. The van der Waals surface area contributed by atoms with E-state index in [-0.39, 0.29) is 23.4 Å². The average Bonchev–Trinajstić information content (AvgIpc) is 2.43. The van der Waals surface area contributed by atoms with Crippen molar-refractivity contribution in [1.82, 2.24) is 5.32 Å². The quantitative estimate of drug-likeness (QED) is 0.646. The van der Waals surface area contributed by atoms with Crippen LogP contribution in [0.15, 0.2) is 29.2 Å². The standard InChI is InChI=1S/C14H18FNO3S/c1-9(2)13(14(18)19-3)16-12(17)8-20-11-6-4-10(15)5-7-11/h4-7,9,13H,8H2,1-3H3,(H,16,17). The fourth-order valence-electron chi connectivity index (χ4n) is 1.52. The molecule has 1 atom stereocenters. The fourth-order valence-corrected chi connectivity index (χ4v) is 2.23. The van der Waals surface area contributed by atoms with Gasteiger partial charge in [0.1, 0.15) is 11.9 Å². The largest absolute Gasteiger partial charge is 0.467 e. The maximum atomic E-state index is 12.7. The highest BCUT2D eigenvalue weighted by molar-refractivity contribution is 8.00. The van der Waals surface area contributed by atoms with E-state index < -0.39 is 12.0 Å². The van der Waals surface area contributed by atoms with E-state index in [2.05, 4.69) is 10.1 Å². The summed E-state index contributed by atoms with van der Waals surface area (Å²) in [6.45, 7) is 3.66. The minimum atomic E-state index is -0.652. The van der Waals surface area contributed by atoms with E-state index in [4.69, 9.17) is 0 Å². The van der Waals surface area contributed by atoms with Gasteiger partial charge in [0.2, 0.25) is 5.91 Å². The van der Waals surface area contributed by atoms with Gasteiger partial charge in [-0.1, -0.05) is 13.8 Å². The minimum absolute atomic E-state index is 0.0535. The number of halogens is 1. The Labute approximate surface area is 122 Å². The van der Waals surface area contributed by atoms with Crippen LogP contribution in [0.2, 0.25) is 0 Å².